The molecule has 44 heavy (non-hydrogen) atoms. The predicted molar refractivity (Wildman–Crippen MR) is 156 cm³/mol. The van der Waals surface area contributed by atoms with Gasteiger partial charge in [0, 0.05) is 11.8 Å². The number of aromatic hydroxyl groups is 2. The molecule has 0 spiro atoms. The Morgan fingerprint density at radius 2 is 1.64 bits per heavy atom. The van der Waals surface area contributed by atoms with E-state index < -0.39 is 73.8 Å². The fourth-order valence-corrected chi connectivity index (χ4v) is 7.36. The quantitative estimate of drug-likeness (QED) is 0.0900. The first kappa shape index (κ1) is 30.2. The van der Waals surface area contributed by atoms with Crippen molar-refractivity contribution >= 4 is 39.7 Å². The van der Waals surface area contributed by atoms with Gasteiger partial charge in [-0.25, -0.2) is 18.6 Å². The highest BCUT2D eigenvalue weighted by atomic mass is 32.2. The second-order valence-electron chi connectivity index (χ2n) is 10.4. The molecule has 3 aromatic carbocycles. The molecule has 3 aromatic rings. The number of carbonyl (C=O) groups excluding carboxylic acids is 4. The molecule has 0 radical (unpaired) electrons. The average Bonchev–Trinajstić information content (AvgIpc) is 3.15. The summed E-state index contributed by atoms with van der Waals surface area (Å²) in [5, 5.41) is 23.8. The van der Waals surface area contributed by atoms with Crippen LogP contribution in [-0.4, -0.2) is 76.1 Å². The third kappa shape index (κ3) is 5.46. The third-order valence-corrected chi connectivity index (χ3v) is 10.2. The van der Waals surface area contributed by atoms with Crippen LogP contribution in [0.2, 0.25) is 0 Å². The van der Waals surface area contributed by atoms with Gasteiger partial charge in [0.2, 0.25) is 5.91 Å². The van der Waals surface area contributed by atoms with E-state index in [-0.39, 0.29) is 12.0 Å². The number of esters is 1. The van der Waals surface area contributed by atoms with Crippen molar-refractivity contribution < 1.29 is 42.5 Å². The van der Waals surface area contributed by atoms with E-state index in [0.717, 1.165) is 23.2 Å². The third-order valence-electron chi connectivity index (χ3n) is 7.56. The summed E-state index contributed by atoms with van der Waals surface area (Å²) in [6.07, 6.45) is -0.317. The number of carbonyl (C=O) groups is 4. The zero-order chi connectivity index (χ0) is 31.6. The molecular weight excluding hydrogens is 592 g/mol. The van der Waals surface area contributed by atoms with Crippen LogP contribution in [0.5, 0.6) is 11.5 Å². The van der Waals surface area contributed by atoms with E-state index in [1.807, 2.05) is 0 Å². The Labute approximate surface area is 252 Å². The van der Waals surface area contributed by atoms with Crippen LogP contribution in [0.3, 0.4) is 0 Å². The van der Waals surface area contributed by atoms with E-state index in [9.17, 15) is 37.8 Å². The van der Waals surface area contributed by atoms with Gasteiger partial charge in [-0.1, -0.05) is 60.7 Å². The number of nitrogens with one attached hydrogen (secondary N) is 2. The largest absolute Gasteiger partial charge is 0.504 e. The van der Waals surface area contributed by atoms with Crippen molar-refractivity contribution in [2.45, 2.75) is 35.6 Å². The fraction of sp³-hybridized carbons (Fsp3) is 0.233. The maximum Gasteiger partial charge on any atom is 0.331 e. The van der Waals surface area contributed by atoms with Gasteiger partial charge in [-0.15, -0.1) is 0 Å². The molecule has 0 aromatic heterocycles. The van der Waals surface area contributed by atoms with Crippen LogP contribution in [0.1, 0.15) is 40.9 Å². The summed E-state index contributed by atoms with van der Waals surface area (Å²) in [5.41, 5.74) is 3.35. The van der Waals surface area contributed by atoms with Crippen LogP contribution >= 0.6 is 0 Å². The molecule has 3 atom stereocenters. The normalized spacial score (nSPS) is 21.9. The van der Waals surface area contributed by atoms with Gasteiger partial charge in [-0.3, -0.25) is 14.4 Å². The summed E-state index contributed by atoms with van der Waals surface area (Å²) in [5.74, 6) is -4.02. The van der Waals surface area contributed by atoms with Crippen molar-refractivity contribution in [2.75, 3.05) is 6.54 Å². The number of benzene rings is 3. The number of rotatable bonds is 9. The number of ether oxygens (including phenoxy) is 1. The summed E-state index contributed by atoms with van der Waals surface area (Å²) in [7, 11) is -4.20. The Morgan fingerprint density at radius 1 is 1.02 bits per heavy atom. The van der Waals surface area contributed by atoms with Crippen LogP contribution in [-0.2, 0) is 29.0 Å². The molecule has 4 N–H and O–H groups in total. The molecule has 2 heterocycles. The molecule has 2 aliphatic rings. The number of β-lactam (4-membered cyclic amide) rings is 1. The smallest absolute Gasteiger partial charge is 0.331 e. The molecular formula is C30H28N4O9S. The minimum absolute atomic E-state index is 0.0268. The van der Waals surface area contributed by atoms with Crippen LogP contribution in [0.15, 0.2) is 84.0 Å². The Bertz CT molecular complexity index is 1710. The summed E-state index contributed by atoms with van der Waals surface area (Å²) >= 11 is 0. The van der Waals surface area contributed by atoms with E-state index in [2.05, 4.69) is 15.8 Å². The molecule has 3 unspecified atom stereocenters. The molecule has 2 saturated heterocycles. The number of nitrogens with zero attached hydrogens (tertiary/aromatic N) is 2. The topological polar surface area (TPSA) is 192 Å². The number of hydrogen-bond acceptors (Lipinski definition) is 10. The van der Waals surface area contributed by atoms with Crippen molar-refractivity contribution in [1.82, 2.24) is 15.6 Å². The lowest BCUT2D eigenvalue weighted by Gasteiger charge is -2.36. The summed E-state index contributed by atoms with van der Waals surface area (Å²) in [4.78, 5) is 52.0. The lowest BCUT2D eigenvalue weighted by molar-refractivity contribution is -0.163. The van der Waals surface area contributed by atoms with E-state index in [0.29, 0.717) is 11.1 Å². The molecule has 2 aliphatic heterocycles. The molecule has 3 amide bonds. The second-order valence-corrected chi connectivity index (χ2v) is 12.9. The highest BCUT2D eigenvalue weighted by molar-refractivity contribution is 7.94. The highest BCUT2D eigenvalue weighted by Crippen LogP contribution is 2.46. The van der Waals surface area contributed by atoms with Crippen molar-refractivity contribution in [1.29, 1.82) is 0 Å². The molecule has 14 heteroatoms. The van der Waals surface area contributed by atoms with E-state index >= 15 is 0 Å². The minimum atomic E-state index is -4.20. The first-order chi connectivity index (χ1) is 20.9. The van der Waals surface area contributed by atoms with Gasteiger partial charge in [0.15, 0.2) is 33.5 Å². The molecule has 5 rings (SSSR count). The van der Waals surface area contributed by atoms with Gasteiger partial charge in [0.05, 0.1) is 13.0 Å². The molecule has 0 aliphatic carbocycles. The monoisotopic (exact) mass is 620 g/mol. The SMILES string of the molecule is CC1(/C=N\NC(=O)CNC(=O)c2ccc(O)c(O)c2)C(C(=O)OC(c2ccccc2)c2ccccc2)N2C(=O)CC2S1(=O)=O. The van der Waals surface area contributed by atoms with Gasteiger partial charge in [-0.05, 0) is 36.2 Å². The van der Waals surface area contributed by atoms with Gasteiger partial charge in [0.1, 0.15) is 10.1 Å². The Hall–Kier alpha value is -5.24. The van der Waals surface area contributed by atoms with Gasteiger partial charge in [-0.2, -0.15) is 5.10 Å². The average molecular weight is 621 g/mol. The zero-order valence-electron chi connectivity index (χ0n) is 23.3. The van der Waals surface area contributed by atoms with Crippen molar-refractivity contribution in [3.8, 4) is 11.5 Å². The standard InChI is InChI=1S/C30H28N4O9S/c1-30(17-32-33-23(37)16-31-28(39)20-12-13-21(35)22(36)14-20)27(34-24(38)15-25(34)44(30,41)42)29(40)43-26(18-8-4-2-5-9-18)19-10-6-3-7-11-19/h2-14,17,25-27,35-36H,15-16H2,1H3,(H,31,39)(H,33,37)/b32-17-. The Balaban J connectivity index is 1.34. The summed E-state index contributed by atoms with van der Waals surface area (Å²) < 4.78 is 31.0. The first-order valence-corrected chi connectivity index (χ1v) is 15.0. The van der Waals surface area contributed by atoms with Crippen LogP contribution in [0.4, 0.5) is 0 Å². The summed E-state index contributed by atoms with van der Waals surface area (Å²) in [6.45, 7) is 0.657. The maximum atomic E-state index is 13.8. The van der Waals surface area contributed by atoms with Crippen LogP contribution < -0.4 is 10.7 Å². The lowest BCUT2D eigenvalue weighted by Crippen LogP contribution is -2.58. The number of amides is 3. The van der Waals surface area contributed by atoms with Gasteiger partial charge in [0.25, 0.3) is 11.8 Å². The molecule has 2 fully saturated rings. The van der Waals surface area contributed by atoms with E-state index in [1.54, 1.807) is 60.7 Å². The van der Waals surface area contributed by atoms with Gasteiger partial charge < -0.3 is 25.2 Å². The van der Waals surface area contributed by atoms with Crippen molar-refractivity contribution in [2.24, 2.45) is 5.10 Å². The second kappa shape index (κ2) is 11.8. The zero-order valence-corrected chi connectivity index (χ0v) is 24.1. The number of sulfone groups is 1. The Morgan fingerprint density at radius 3 is 2.20 bits per heavy atom. The highest BCUT2D eigenvalue weighted by Gasteiger charge is 2.70. The number of fused-ring (bicyclic) bond motifs is 1. The molecule has 13 nitrogen and oxygen atoms in total. The Kier molecular flexibility index (Phi) is 8.11. The number of hydrogen-bond donors (Lipinski definition) is 4. The number of hydrazone groups is 1. The molecule has 0 saturated carbocycles. The number of phenolic OH excluding ortho intramolecular Hbond substituents is 2. The maximum absolute atomic E-state index is 13.8. The first-order valence-electron chi connectivity index (χ1n) is 13.4. The minimum Gasteiger partial charge on any atom is -0.504 e. The number of phenols is 2. The van der Waals surface area contributed by atoms with Crippen LogP contribution in [0, 0.1) is 0 Å². The predicted octanol–water partition coefficient (Wildman–Crippen LogP) is 1.38. The van der Waals surface area contributed by atoms with E-state index in [1.165, 1.54) is 13.0 Å². The van der Waals surface area contributed by atoms with Gasteiger partial charge >= 0.3 is 5.97 Å². The molecule has 0 bridgehead atoms. The van der Waals surface area contributed by atoms with E-state index in [4.69, 9.17) is 4.74 Å². The lowest BCUT2D eigenvalue weighted by atomic mass is 9.96. The summed E-state index contributed by atoms with van der Waals surface area (Å²) in [6, 6.07) is 19.5. The van der Waals surface area contributed by atoms with Crippen molar-refractivity contribution in [3.63, 3.8) is 0 Å². The van der Waals surface area contributed by atoms with Crippen molar-refractivity contribution in [3.05, 3.63) is 95.6 Å². The molecule has 228 valence electrons. The fourth-order valence-electron chi connectivity index (χ4n) is 5.15. The van der Waals surface area contributed by atoms with Crippen LogP contribution in [0.25, 0.3) is 0 Å².